The molecule has 0 amide bonds. The second-order valence-corrected chi connectivity index (χ2v) is 3.69. The number of rotatable bonds is 3. The largest absolute Gasteiger partial charge is 0.469 e. The highest BCUT2D eigenvalue weighted by Gasteiger charge is 2.15. The van der Waals surface area contributed by atoms with Gasteiger partial charge in [0.25, 0.3) is 0 Å². The van der Waals surface area contributed by atoms with Gasteiger partial charge in [0.05, 0.1) is 13.5 Å². The van der Waals surface area contributed by atoms with E-state index < -0.39 is 0 Å². The molecule has 0 aromatic heterocycles. The molecule has 0 fully saturated rings. The molecular formula is C12H18ClNO2. The van der Waals surface area contributed by atoms with E-state index in [0.717, 1.165) is 16.7 Å². The van der Waals surface area contributed by atoms with Crippen LogP contribution < -0.4 is 5.73 Å². The zero-order valence-electron chi connectivity index (χ0n) is 9.82. The number of ether oxygens (including phenoxy) is 1. The van der Waals surface area contributed by atoms with Gasteiger partial charge in [-0.3, -0.25) is 4.79 Å². The van der Waals surface area contributed by atoms with Crippen LogP contribution in [0.5, 0.6) is 0 Å². The Balaban J connectivity index is 0.00000225. The number of aryl methyl sites for hydroxylation is 2. The van der Waals surface area contributed by atoms with Crippen LogP contribution in [0.2, 0.25) is 0 Å². The fraction of sp³-hybridized carbons (Fsp3) is 0.417. The van der Waals surface area contributed by atoms with Gasteiger partial charge in [0.2, 0.25) is 0 Å². The van der Waals surface area contributed by atoms with E-state index in [1.54, 1.807) is 0 Å². The van der Waals surface area contributed by atoms with Crippen molar-refractivity contribution in [2.45, 2.75) is 26.3 Å². The highest BCUT2D eigenvalue weighted by molar-refractivity contribution is 5.85. The van der Waals surface area contributed by atoms with Crippen molar-refractivity contribution < 1.29 is 9.53 Å². The predicted molar refractivity (Wildman–Crippen MR) is 66.7 cm³/mol. The Labute approximate surface area is 102 Å². The molecular weight excluding hydrogens is 226 g/mol. The van der Waals surface area contributed by atoms with Crippen molar-refractivity contribution in [3.05, 3.63) is 34.9 Å². The lowest BCUT2D eigenvalue weighted by molar-refractivity contribution is -0.141. The SMILES string of the molecule is COC(=O)C[C@@H](N)c1c(C)cccc1C.Cl. The first kappa shape index (κ1) is 14.9. The van der Waals surface area contributed by atoms with Crippen molar-refractivity contribution in [2.24, 2.45) is 5.73 Å². The van der Waals surface area contributed by atoms with E-state index in [9.17, 15) is 4.79 Å². The van der Waals surface area contributed by atoms with Crippen LogP contribution in [0.15, 0.2) is 18.2 Å². The van der Waals surface area contributed by atoms with Crippen LogP contribution >= 0.6 is 12.4 Å². The number of hydrogen-bond donors (Lipinski definition) is 1. The van der Waals surface area contributed by atoms with Gasteiger partial charge in [0.15, 0.2) is 0 Å². The lowest BCUT2D eigenvalue weighted by Crippen LogP contribution is -2.18. The van der Waals surface area contributed by atoms with Crippen molar-refractivity contribution in [3.63, 3.8) is 0 Å². The second-order valence-electron chi connectivity index (χ2n) is 3.69. The summed E-state index contributed by atoms with van der Waals surface area (Å²) in [7, 11) is 1.37. The van der Waals surface area contributed by atoms with E-state index >= 15 is 0 Å². The Morgan fingerprint density at radius 2 is 1.88 bits per heavy atom. The number of benzene rings is 1. The van der Waals surface area contributed by atoms with E-state index in [1.165, 1.54) is 7.11 Å². The first-order valence-electron chi connectivity index (χ1n) is 4.94. The summed E-state index contributed by atoms with van der Waals surface area (Å²) in [5, 5.41) is 0. The predicted octanol–water partition coefficient (Wildman–Crippen LogP) is 2.29. The summed E-state index contributed by atoms with van der Waals surface area (Å²) in [6.45, 7) is 4.00. The highest BCUT2D eigenvalue weighted by Crippen LogP contribution is 2.22. The fourth-order valence-electron chi connectivity index (χ4n) is 1.78. The second kappa shape index (κ2) is 6.51. The highest BCUT2D eigenvalue weighted by atomic mass is 35.5. The molecule has 1 aromatic carbocycles. The molecule has 4 heteroatoms. The van der Waals surface area contributed by atoms with E-state index in [2.05, 4.69) is 4.74 Å². The Kier molecular flexibility index (Phi) is 6.08. The summed E-state index contributed by atoms with van der Waals surface area (Å²) in [6.07, 6.45) is 0.224. The smallest absolute Gasteiger partial charge is 0.307 e. The van der Waals surface area contributed by atoms with Crippen molar-refractivity contribution in [3.8, 4) is 0 Å². The molecule has 0 aliphatic carbocycles. The maximum atomic E-state index is 11.1. The molecule has 0 aliphatic rings. The summed E-state index contributed by atoms with van der Waals surface area (Å²) in [4.78, 5) is 11.1. The maximum absolute atomic E-state index is 11.1. The van der Waals surface area contributed by atoms with Gasteiger partial charge in [-0.2, -0.15) is 0 Å². The van der Waals surface area contributed by atoms with Gasteiger partial charge in [-0.15, -0.1) is 12.4 Å². The van der Waals surface area contributed by atoms with Gasteiger partial charge >= 0.3 is 5.97 Å². The van der Waals surface area contributed by atoms with Crippen LogP contribution in [0.1, 0.15) is 29.2 Å². The lowest BCUT2D eigenvalue weighted by Gasteiger charge is -2.16. The van der Waals surface area contributed by atoms with E-state index in [-0.39, 0.29) is 30.8 Å². The summed E-state index contributed by atoms with van der Waals surface area (Å²) in [6, 6.07) is 5.71. The Morgan fingerprint density at radius 3 is 2.31 bits per heavy atom. The number of esters is 1. The first-order valence-corrected chi connectivity index (χ1v) is 4.94. The quantitative estimate of drug-likeness (QED) is 0.829. The normalized spacial score (nSPS) is 11.5. The number of nitrogens with two attached hydrogens (primary N) is 1. The van der Waals surface area contributed by atoms with Gasteiger partial charge < -0.3 is 10.5 Å². The van der Waals surface area contributed by atoms with Gasteiger partial charge in [-0.05, 0) is 30.5 Å². The van der Waals surface area contributed by atoms with Crippen molar-refractivity contribution in [2.75, 3.05) is 7.11 Å². The van der Waals surface area contributed by atoms with Gasteiger partial charge in [-0.1, -0.05) is 18.2 Å². The summed E-state index contributed by atoms with van der Waals surface area (Å²) >= 11 is 0. The Morgan fingerprint density at radius 1 is 1.38 bits per heavy atom. The molecule has 2 N–H and O–H groups in total. The first-order chi connectivity index (χ1) is 7.06. The van der Waals surface area contributed by atoms with Gasteiger partial charge in [0.1, 0.15) is 0 Å². The van der Waals surface area contributed by atoms with Crippen LogP contribution in [-0.2, 0) is 9.53 Å². The monoisotopic (exact) mass is 243 g/mol. The topological polar surface area (TPSA) is 52.3 Å². The molecule has 0 bridgehead atoms. The van der Waals surface area contributed by atoms with Crippen LogP contribution in [0.4, 0.5) is 0 Å². The molecule has 0 saturated carbocycles. The molecule has 0 aliphatic heterocycles. The minimum atomic E-state index is -0.279. The Hall–Kier alpha value is -1.06. The zero-order chi connectivity index (χ0) is 11.4. The van der Waals surface area contributed by atoms with Crippen LogP contribution in [0.25, 0.3) is 0 Å². The van der Waals surface area contributed by atoms with Crippen LogP contribution in [-0.4, -0.2) is 13.1 Å². The Bertz CT molecular complexity index is 346. The lowest BCUT2D eigenvalue weighted by atomic mass is 9.95. The van der Waals surface area contributed by atoms with Crippen LogP contribution in [0, 0.1) is 13.8 Å². The van der Waals surface area contributed by atoms with E-state index in [0.29, 0.717) is 0 Å². The summed E-state index contributed by atoms with van der Waals surface area (Å²) < 4.78 is 4.60. The van der Waals surface area contributed by atoms with Gasteiger partial charge in [0, 0.05) is 6.04 Å². The van der Waals surface area contributed by atoms with Crippen molar-refractivity contribution in [1.29, 1.82) is 0 Å². The minimum absolute atomic E-state index is 0. The zero-order valence-corrected chi connectivity index (χ0v) is 10.6. The minimum Gasteiger partial charge on any atom is -0.469 e. The average Bonchev–Trinajstić information content (AvgIpc) is 2.17. The molecule has 16 heavy (non-hydrogen) atoms. The number of halogens is 1. The molecule has 0 unspecified atom stereocenters. The fourth-order valence-corrected chi connectivity index (χ4v) is 1.78. The number of hydrogen-bond acceptors (Lipinski definition) is 3. The maximum Gasteiger partial charge on any atom is 0.307 e. The third-order valence-corrected chi connectivity index (χ3v) is 2.53. The number of carbonyl (C=O) groups excluding carboxylic acids is 1. The molecule has 0 radical (unpaired) electrons. The van der Waals surface area contributed by atoms with Crippen molar-refractivity contribution in [1.82, 2.24) is 0 Å². The van der Waals surface area contributed by atoms with Crippen molar-refractivity contribution >= 4 is 18.4 Å². The molecule has 0 saturated heterocycles. The molecule has 90 valence electrons. The molecule has 1 aromatic rings. The number of carbonyl (C=O) groups is 1. The molecule has 0 spiro atoms. The number of methoxy groups -OCH3 is 1. The molecule has 3 nitrogen and oxygen atoms in total. The molecule has 1 rings (SSSR count). The van der Waals surface area contributed by atoms with Gasteiger partial charge in [-0.25, -0.2) is 0 Å². The standard InChI is InChI=1S/C12H17NO2.ClH/c1-8-5-4-6-9(2)12(8)10(13)7-11(14)15-3;/h4-6,10H,7,13H2,1-3H3;1H/t10-;/m1./s1. The third-order valence-electron chi connectivity index (χ3n) is 2.53. The summed E-state index contributed by atoms with van der Waals surface area (Å²) in [5.41, 5.74) is 9.25. The van der Waals surface area contributed by atoms with E-state index in [1.807, 2.05) is 32.0 Å². The average molecular weight is 244 g/mol. The molecule has 0 heterocycles. The third kappa shape index (κ3) is 3.51. The summed E-state index contributed by atoms with van der Waals surface area (Å²) in [5.74, 6) is -0.273. The van der Waals surface area contributed by atoms with E-state index in [4.69, 9.17) is 5.73 Å². The van der Waals surface area contributed by atoms with Crippen LogP contribution in [0.3, 0.4) is 0 Å². The molecule has 1 atom stereocenters.